The number of pyridine rings is 1. The molecule has 0 aliphatic carbocycles. The topological polar surface area (TPSA) is 3.88 Å². The van der Waals surface area contributed by atoms with Crippen LogP contribution in [0.15, 0.2) is 24.4 Å². The van der Waals surface area contributed by atoms with Gasteiger partial charge < -0.3 is 0 Å². The lowest BCUT2D eigenvalue weighted by Crippen LogP contribution is -2.40. The summed E-state index contributed by atoms with van der Waals surface area (Å²) < 4.78 is 2.32. The van der Waals surface area contributed by atoms with Gasteiger partial charge in [-0.1, -0.05) is 33.8 Å². The van der Waals surface area contributed by atoms with Crippen molar-refractivity contribution in [3.05, 3.63) is 30.1 Å². The molecule has 0 aliphatic heterocycles. The largest absolute Gasteiger partial charge is 0.200 e. The van der Waals surface area contributed by atoms with Crippen LogP contribution in [0.25, 0.3) is 0 Å². The number of aromatic nitrogens is 1. The third kappa shape index (κ3) is 3.49. The summed E-state index contributed by atoms with van der Waals surface area (Å²) in [6.45, 7) is 12.9. The van der Waals surface area contributed by atoms with Crippen LogP contribution in [0.4, 0.5) is 0 Å². The predicted octanol–water partition coefficient (Wildman–Crippen LogP) is 3.70. The van der Waals surface area contributed by atoms with Crippen molar-refractivity contribution in [3.63, 3.8) is 0 Å². The maximum Gasteiger partial charge on any atom is 0.184 e. The van der Waals surface area contributed by atoms with Crippen LogP contribution >= 0.6 is 0 Å². The molecule has 1 aromatic heterocycles. The highest BCUT2D eigenvalue weighted by Crippen LogP contribution is 2.10. The Hall–Kier alpha value is -0.850. The summed E-state index contributed by atoms with van der Waals surface area (Å²) in [5.41, 5.74) is 1.41. The van der Waals surface area contributed by atoms with Gasteiger partial charge in [0.15, 0.2) is 17.9 Å². The van der Waals surface area contributed by atoms with E-state index < -0.39 is 0 Å². The highest BCUT2D eigenvalue weighted by atomic mass is 15.0. The number of rotatable bonds is 2. The van der Waals surface area contributed by atoms with Crippen LogP contribution < -0.4 is 4.57 Å². The Labute approximate surface area is 88.8 Å². The van der Waals surface area contributed by atoms with Gasteiger partial charge in [0.1, 0.15) is 0 Å². The zero-order chi connectivity index (χ0) is 11.1. The van der Waals surface area contributed by atoms with Crippen molar-refractivity contribution in [3.8, 4) is 0 Å². The summed E-state index contributed by atoms with van der Waals surface area (Å²) in [4.78, 5) is 0. The summed E-state index contributed by atoms with van der Waals surface area (Å²) in [7, 11) is 0. The molecule has 1 nitrogen and oxygen atoms in total. The average Bonchev–Trinajstić information content (AvgIpc) is 2.20. The number of nitrogens with zero attached hydrogens (tertiary/aromatic N) is 1. The molecule has 0 fully saturated rings. The smallest absolute Gasteiger partial charge is 0.184 e. The molecule has 0 spiro atoms. The number of hydrogen-bond donors (Lipinski definition) is 0. The van der Waals surface area contributed by atoms with Crippen LogP contribution in [0.5, 0.6) is 0 Å². The Balaban J connectivity index is 0.000000791. The van der Waals surface area contributed by atoms with E-state index in [1.165, 1.54) is 5.69 Å². The Morgan fingerprint density at radius 2 is 1.57 bits per heavy atom. The molecular weight excluding hydrogens is 170 g/mol. The highest BCUT2D eigenvalue weighted by Gasteiger charge is 2.15. The molecule has 1 heterocycles. The van der Waals surface area contributed by atoms with Crippen molar-refractivity contribution in [2.75, 3.05) is 0 Å². The lowest BCUT2D eigenvalue weighted by molar-refractivity contribution is -0.724. The van der Waals surface area contributed by atoms with E-state index in [9.17, 15) is 0 Å². The van der Waals surface area contributed by atoms with Crippen molar-refractivity contribution in [1.82, 2.24) is 0 Å². The molecule has 0 saturated heterocycles. The van der Waals surface area contributed by atoms with Gasteiger partial charge in [-0.25, -0.2) is 4.57 Å². The molecule has 0 N–H and O–H groups in total. The van der Waals surface area contributed by atoms with E-state index in [-0.39, 0.29) is 0 Å². The van der Waals surface area contributed by atoms with Crippen LogP contribution in [0.1, 0.15) is 59.2 Å². The van der Waals surface area contributed by atoms with Crippen molar-refractivity contribution < 1.29 is 4.57 Å². The second-order valence-corrected chi connectivity index (χ2v) is 3.78. The summed E-state index contributed by atoms with van der Waals surface area (Å²) >= 11 is 0. The van der Waals surface area contributed by atoms with Gasteiger partial charge in [0, 0.05) is 18.1 Å². The van der Waals surface area contributed by atoms with Gasteiger partial charge in [-0.05, 0) is 13.8 Å². The van der Waals surface area contributed by atoms with E-state index in [0.29, 0.717) is 12.0 Å². The molecule has 0 aliphatic rings. The van der Waals surface area contributed by atoms with Crippen molar-refractivity contribution in [1.29, 1.82) is 0 Å². The quantitative estimate of drug-likeness (QED) is 0.632. The van der Waals surface area contributed by atoms with E-state index in [0.717, 1.165) is 0 Å². The van der Waals surface area contributed by atoms with Crippen LogP contribution in [-0.4, -0.2) is 0 Å². The zero-order valence-corrected chi connectivity index (χ0v) is 10.4. The Bertz CT molecular complexity index is 224. The average molecular weight is 194 g/mol. The van der Waals surface area contributed by atoms with Gasteiger partial charge in [-0.3, -0.25) is 0 Å². The minimum absolute atomic E-state index is 0.559. The monoisotopic (exact) mass is 194 g/mol. The third-order valence-corrected chi connectivity index (χ3v) is 2.07. The summed E-state index contributed by atoms with van der Waals surface area (Å²) in [6, 6.07) is 6.95. The Kier molecular flexibility index (Phi) is 6.18. The van der Waals surface area contributed by atoms with Crippen LogP contribution in [-0.2, 0) is 0 Å². The maximum atomic E-state index is 2.32. The molecule has 0 radical (unpaired) electrons. The molecule has 14 heavy (non-hydrogen) atoms. The molecule has 1 heteroatoms. The summed E-state index contributed by atoms with van der Waals surface area (Å²) in [6.07, 6.45) is 2.15. The van der Waals surface area contributed by atoms with Crippen molar-refractivity contribution in [2.24, 2.45) is 0 Å². The second kappa shape index (κ2) is 6.58. The van der Waals surface area contributed by atoms with E-state index >= 15 is 0 Å². The van der Waals surface area contributed by atoms with Crippen LogP contribution in [0.2, 0.25) is 0 Å². The molecular formula is C13H24N+. The molecule has 1 aromatic rings. The molecule has 0 bridgehead atoms. The molecule has 0 amide bonds. The Morgan fingerprint density at radius 1 is 1.00 bits per heavy atom. The first kappa shape index (κ1) is 13.2. The first-order valence-electron chi connectivity index (χ1n) is 5.63. The summed E-state index contributed by atoms with van der Waals surface area (Å²) in [5, 5.41) is 0. The fraction of sp³-hybridized carbons (Fsp3) is 0.615. The number of hydrogen-bond acceptors (Lipinski definition) is 0. The molecule has 0 atom stereocenters. The van der Waals surface area contributed by atoms with E-state index in [1.54, 1.807) is 0 Å². The fourth-order valence-corrected chi connectivity index (χ4v) is 1.43. The first-order valence-corrected chi connectivity index (χ1v) is 5.63. The predicted molar refractivity (Wildman–Crippen MR) is 62.5 cm³/mol. The van der Waals surface area contributed by atoms with Crippen molar-refractivity contribution in [2.45, 2.75) is 53.5 Å². The highest BCUT2D eigenvalue weighted by molar-refractivity contribution is 5.01. The Morgan fingerprint density at radius 3 is 1.93 bits per heavy atom. The first-order chi connectivity index (χ1) is 6.63. The molecule has 0 aromatic carbocycles. The molecule has 80 valence electrons. The van der Waals surface area contributed by atoms with Crippen LogP contribution in [0, 0.1) is 0 Å². The summed E-state index contributed by atoms with van der Waals surface area (Å²) in [5.74, 6) is 0.605. The van der Waals surface area contributed by atoms with Gasteiger partial charge in [-0.15, -0.1) is 0 Å². The van der Waals surface area contributed by atoms with Gasteiger partial charge in [0.2, 0.25) is 0 Å². The SMILES string of the molecule is CC.CC(C)c1cccc[n+]1C(C)C. The maximum absolute atomic E-state index is 2.32. The second-order valence-electron chi connectivity index (χ2n) is 3.78. The third-order valence-electron chi connectivity index (χ3n) is 2.07. The van der Waals surface area contributed by atoms with E-state index in [4.69, 9.17) is 0 Å². The normalized spacial score (nSPS) is 10.0. The fourth-order valence-electron chi connectivity index (χ4n) is 1.43. The minimum atomic E-state index is 0.559. The lowest BCUT2D eigenvalue weighted by atomic mass is 10.1. The van der Waals surface area contributed by atoms with Crippen molar-refractivity contribution >= 4 is 0 Å². The standard InChI is InChI=1S/C11H18N.C2H6/c1-9(2)11-7-5-6-8-12(11)10(3)4;1-2/h5-10H,1-4H3;1-2H3/q+1;. The van der Waals surface area contributed by atoms with E-state index in [2.05, 4.69) is 56.7 Å². The molecule has 1 rings (SSSR count). The van der Waals surface area contributed by atoms with Gasteiger partial charge >= 0.3 is 0 Å². The zero-order valence-electron chi connectivity index (χ0n) is 10.4. The minimum Gasteiger partial charge on any atom is -0.200 e. The lowest BCUT2D eigenvalue weighted by Gasteiger charge is -2.08. The molecule has 0 saturated carbocycles. The van der Waals surface area contributed by atoms with Gasteiger partial charge in [0.25, 0.3) is 0 Å². The van der Waals surface area contributed by atoms with E-state index in [1.807, 2.05) is 13.8 Å². The van der Waals surface area contributed by atoms with Crippen LogP contribution in [0.3, 0.4) is 0 Å². The molecule has 0 unspecified atom stereocenters. The van der Waals surface area contributed by atoms with Gasteiger partial charge in [0.05, 0.1) is 0 Å². The van der Waals surface area contributed by atoms with Gasteiger partial charge in [-0.2, -0.15) is 0 Å².